The monoisotopic (exact) mass is 414 g/mol. The molecule has 0 bridgehead atoms. The van der Waals surface area contributed by atoms with Crippen LogP contribution in [-0.2, 0) is 6.42 Å². The number of nitrogens with zero attached hydrogens (tertiary/aromatic N) is 4. The van der Waals surface area contributed by atoms with E-state index in [1.54, 1.807) is 12.5 Å². The van der Waals surface area contributed by atoms with Crippen molar-refractivity contribution < 1.29 is 9.21 Å². The topological polar surface area (TPSA) is 64.2 Å². The summed E-state index contributed by atoms with van der Waals surface area (Å²) in [5, 5.41) is 5.32. The SMILES string of the molecule is CC(C)n1ncc2c(C(=O)N3CCCC3Cc3ccccc3)cc(-c3ccco3)nc21. The van der Waals surface area contributed by atoms with Crippen molar-refractivity contribution >= 4 is 16.9 Å². The zero-order chi connectivity index (χ0) is 21.4. The first kappa shape index (κ1) is 19.5. The van der Waals surface area contributed by atoms with Crippen LogP contribution in [0.5, 0.6) is 0 Å². The van der Waals surface area contributed by atoms with Gasteiger partial charge in [-0.3, -0.25) is 4.79 Å². The number of pyridine rings is 1. The van der Waals surface area contributed by atoms with Crippen molar-refractivity contribution in [2.45, 2.75) is 45.2 Å². The van der Waals surface area contributed by atoms with Gasteiger partial charge in [-0.25, -0.2) is 9.67 Å². The third-order valence-electron chi connectivity index (χ3n) is 6.01. The number of benzene rings is 1. The summed E-state index contributed by atoms with van der Waals surface area (Å²) in [7, 11) is 0. The summed E-state index contributed by atoms with van der Waals surface area (Å²) < 4.78 is 7.45. The van der Waals surface area contributed by atoms with Crippen molar-refractivity contribution in [2.75, 3.05) is 6.54 Å². The van der Waals surface area contributed by atoms with Crippen molar-refractivity contribution in [2.24, 2.45) is 0 Å². The Hall–Kier alpha value is -3.41. The Morgan fingerprint density at radius 3 is 2.77 bits per heavy atom. The number of amides is 1. The van der Waals surface area contributed by atoms with Crippen LogP contribution in [0.1, 0.15) is 48.7 Å². The zero-order valence-corrected chi connectivity index (χ0v) is 17.9. The first-order valence-electron chi connectivity index (χ1n) is 10.9. The molecule has 1 atom stereocenters. The molecule has 31 heavy (non-hydrogen) atoms. The summed E-state index contributed by atoms with van der Waals surface area (Å²) in [5.74, 6) is 0.691. The van der Waals surface area contributed by atoms with Gasteiger partial charge in [-0.2, -0.15) is 5.10 Å². The van der Waals surface area contributed by atoms with Crippen LogP contribution in [-0.4, -0.2) is 38.2 Å². The Kier molecular flexibility index (Phi) is 5.06. The largest absolute Gasteiger partial charge is 0.463 e. The van der Waals surface area contributed by atoms with Gasteiger partial charge in [-0.05, 0) is 56.9 Å². The number of furan rings is 1. The highest BCUT2D eigenvalue weighted by Gasteiger charge is 2.31. The molecule has 4 heterocycles. The summed E-state index contributed by atoms with van der Waals surface area (Å²) in [5.41, 5.74) is 3.27. The first-order valence-corrected chi connectivity index (χ1v) is 10.9. The van der Waals surface area contributed by atoms with Gasteiger partial charge in [-0.1, -0.05) is 30.3 Å². The van der Waals surface area contributed by atoms with E-state index in [2.05, 4.69) is 43.2 Å². The van der Waals surface area contributed by atoms with Gasteiger partial charge in [0.25, 0.3) is 5.91 Å². The Balaban J connectivity index is 1.56. The highest BCUT2D eigenvalue weighted by molar-refractivity contribution is 6.06. The molecule has 158 valence electrons. The highest BCUT2D eigenvalue weighted by Crippen LogP contribution is 2.30. The van der Waals surface area contributed by atoms with Gasteiger partial charge in [0.2, 0.25) is 0 Å². The van der Waals surface area contributed by atoms with Gasteiger partial charge < -0.3 is 9.32 Å². The molecule has 1 amide bonds. The second-order valence-electron chi connectivity index (χ2n) is 8.44. The van der Waals surface area contributed by atoms with Crippen molar-refractivity contribution in [3.63, 3.8) is 0 Å². The Morgan fingerprint density at radius 2 is 2.03 bits per heavy atom. The van der Waals surface area contributed by atoms with E-state index in [9.17, 15) is 4.79 Å². The lowest BCUT2D eigenvalue weighted by molar-refractivity contribution is 0.0738. The normalized spacial score (nSPS) is 16.5. The van der Waals surface area contributed by atoms with Crippen molar-refractivity contribution in [3.05, 3.63) is 72.1 Å². The number of likely N-dealkylation sites (tertiary alicyclic amines) is 1. The number of fused-ring (bicyclic) bond motifs is 1. The molecule has 1 fully saturated rings. The fourth-order valence-corrected chi connectivity index (χ4v) is 4.48. The van der Waals surface area contributed by atoms with Gasteiger partial charge in [0.05, 0.1) is 23.4 Å². The average molecular weight is 415 g/mol. The summed E-state index contributed by atoms with van der Waals surface area (Å²) in [6.07, 6.45) is 6.30. The zero-order valence-electron chi connectivity index (χ0n) is 17.9. The lowest BCUT2D eigenvalue weighted by Gasteiger charge is -2.25. The predicted molar refractivity (Wildman–Crippen MR) is 120 cm³/mol. The molecule has 1 aliphatic rings. The Labute approximate surface area is 181 Å². The van der Waals surface area contributed by atoms with Gasteiger partial charge in [0.15, 0.2) is 11.4 Å². The quantitative estimate of drug-likeness (QED) is 0.455. The molecule has 4 aromatic rings. The Bertz CT molecular complexity index is 1200. The van der Waals surface area contributed by atoms with E-state index in [4.69, 9.17) is 9.40 Å². The van der Waals surface area contributed by atoms with E-state index in [1.165, 1.54) is 5.56 Å². The minimum Gasteiger partial charge on any atom is -0.463 e. The maximum atomic E-state index is 13.8. The average Bonchev–Trinajstić information content (AvgIpc) is 3.53. The molecule has 0 aliphatic carbocycles. The molecule has 0 saturated carbocycles. The second-order valence-corrected chi connectivity index (χ2v) is 8.44. The van der Waals surface area contributed by atoms with E-state index in [1.807, 2.05) is 33.8 Å². The molecule has 0 radical (unpaired) electrons. The van der Waals surface area contributed by atoms with Gasteiger partial charge in [-0.15, -0.1) is 0 Å². The second kappa shape index (κ2) is 8.02. The summed E-state index contributed by atoms with van der Waals surface area (Å²) in [4.78, 5) is 20.6. The molecule has 0 N–H and O–H groups in total. The molecule has 1 aliphatic heterocycles. The summed E-state index contributed by atoms with van der Waals surface area (Å²) in [6, 6.07) is 16.3. The smallest absolute Gasteiger partial charge is 0.255 e. The van der Waals surface area contributed by atoms with Crippen LogP contribution >= 0.6 is 0 Å². The first-order chi connectivity index (χ1) is 15.1. The molecular formula is C25H26N4O2. The molecule has 6 nitrogen and oxygen atoms in total. The number of carbonyl (C=O) groups excluding carboxylic acids is 1. The highest BCUT2D eigenvalue weighted by atomic mass is 16.3. The van der Waals surface area contributed by atoms with E-state index in [0.29, 0.717) is 22.7 Å². The number of rotatable bonds is 5. The van der Waals surface area contributed by atoms with Crippen LogP contribution in [0.25, 0.3) is 22.5 Å². The lowest BCUT2D eigenvalue weighted by atomic mass is 10.0. The molecule has 1 aromatic carbocycles. The Morgan fingerprint density at radius 1 is 1.19 bits per heavy atom. The molecule has 1 unspecified atom stereocenters. The lowest BCUT2D eigenvalue weighted by Crippen LogP contribution is -2.37. The van der Waals surface area contributed by atoms with Crippen LogP contribution in [0, 0.1) is 0 Å². The van der Waals surface area contributed by atoms with E-state index < -0.39 is 0 Å². The number of hydrogen-bond acceptors (Lipinski definition) is 4. The van der Waals surface area contributed by atoms with Crippen molar-refractivity contribution in [3.8, 4) is 11.5 Å². The third kappa shape index (κ3) is 3.63. The fraction of sp³-hybridized carbons (Fsp3) is 0.320. The summed E-state index contributed by atoms with van der Waals surface area (Å²) >= 11 is 0. The number of carbonyl (C=O) groups is 1. The standard InChI is InChI=1S/C25H26N4O2/c1-17(2)29-24-21(16-26-29)20(15-22(27-24)23-11-7-13-31-23)25(30)28-12-6-10-19(28)14-18-8-4-3-5-9-18/h3-5,7-9,11,13,15-17,19H,6,10,12,14H2,1-2H3. The van der Waals surface area contributed by atoms with Crippen molar-refractivity contribution in [1.82, 2.24) is 19.7 Å². The van der Waals surface area contributed by atoms with E-state index in [-0.39, 0.29) is 18.0 Å². The fourth-order valence-electron chi connectivity index (χ4n) is 4.48. The van der Waals surface area contributed by atoms with Gasteiger partial charge in [0.1, 0.15) is 5.69 Å². The molecular weight excluding hydrogens is 388 g/mol. The van der Waals surface area contributed by atoms with E-state index in [0.717, 1.165) is 31.2 Å². The molecule has 5 rings (SSSR count). The minimum absolute atomic E-state index is 0.0435. The van der Waals surface area contributed by atoms with Gasteiger partial charge >= 0.3 is 0 Å². The molecule has 6 heteroatoms. The number of aromatic nitrogens is 3. The maximum Gasteiger partial charge on any atom is 0.255 e. The van der Waals surface area contributed by atoms with Crippen LogP contribution in [0.2, 0.25) is 0 Å². The van der Waals surface area contributed by atoms with Crippen LogP contribution in [0.15, 0.2) is 65.4 Å². The van der Waals surface area contributed by atoms with Gasteiger partial charge in [0, 0.05) is 18.6 Å². The summed E-state index contributed by atoms with van der Waals surface area (Å²) in [6.45, 7) is 4.89. The predicted octanol–water partition coefficient (Wildman–Crippen LogP) is 5.12. The molecule has 1 saturated heterocycles. The van der Waals surface area contributed by atoms with E-state index >= 15 is 0 Å². The van der Waals surface area contributed by atoms with Crippen molar-refractivity contribution in [1.29, 1.82) is 0 Å². The molecule has 0 spiro atoms. The third-order valence-corrected chi connectivity index (χ3v) is 6.01. The maximum absolute atomic E-state index is 13.8. The van der Waals surface area contributed by atoms with Crippen LogP contribution in [0.4, 0.5) is 0 Å². The number of hydrogen-bond donors (Lipinski definition) is 0. The molecule has 3 aromatic heterocycles. The van der Waals surface area contributed by atoms with Crippen LogP contribution < -0.4 is 0 Å². The minimum atomic E-state index is 0.0435. The van der Waals surface area contributed by atoms with Crippen LogP contribution in [0.3, 0.4) is 0 Å².